The molecule has 1 unspecified atom stereocenters. The summed E-state index contributed by atoms with van der Waals surface area (Å²) >= 11 is 0. The Morgan fingerprint density at radius 3 is 2.68 bits per heavy atom. The van der Waals surface area contributed by atoms with Gasteiger partial charge in [0.25, 0.3) is 5.91 Å². The molecule has 1 atom stereocenters. The normalized spacial score (nSPS) is 16.1. The number of benzene rings is 1. The van der Waals surface area contributed by atoms with Crippen LogP contribution in [-0.2, 0) is 7.05 Å². The zero-order valence-electron chi connectivity index (χ0n) is 17.8. The van der Waals surface area contributed by atoms with Gasteiger partial charge in [-0.05, 0) is 43.2 Å². The summed E-state index contributed by atoms with van der Waals surface area (Å²) in [5, 5.41) is 4.55. The molecule has 1 fully saturated rings. The number of amides is 1. The number of hydrogen-bond acceptors (Lipinski definition) is 7. The lowest BCUT2D eigenvalue weighted by Crippen LogP contribution is -2.45. The molecule has 9 nitrogen and oxygen atoms in total. The van der Waals surface area contributed by atoms with Gasteiger partial charge in [-0.15, -0.1) is 0 Å². The molecule has 162 valence electrons. The molecule has 31 heavy (non-hydrogen) atoms. The highest BCUT2D eigenvalue weighted by Gasteiger charge is 2.28. The van der Waals surface area contributed by atoms with Crippen molar-refractivity contribution in [3.05, 3.63) is 48.4 Å². The Morgan fingerprint density at radius 2 is 1.94 bits per heavy atom. The van der Waals surface area contributed by atoms with Crippen LogP contribution in [0, 0.1) is 0 Å². The number of piperidine rings is 1. The Bertz CT molecular complexity index is 1050. The van der Waals surface area contributed by atoms with Crippen molar-refractivity contribution in [1.29, 1.82) is 0 Å². The van der Waals surface area contributed by atoms with E-state index in [-0.39, 0.29) is 12.0 Å². The third kappa shape index (κ3) is 4.45. The first-order valence-electron chi connectivity index (χ1n) is 10.1. The smallest absolute Gasteiger partial charge is 0.316 e. The van der Waals surface area contributed by atoms with Crippen LogP contribution in [0.2, 0.25) is 0 Å². The second-order valence-electron chi connectivity index (χ2n) is 7.27. The molecule has 0 radical (unpaired) electrons. The molecule has 0 bridgehead atoms. The second-order valence-corrected chi connectivity index (χ2v) is 7.27. The highest BCUT2D eigenvalue weighted by atomic mass is 16.5. The topological polar surface area (TPSA) is 91.6 Å². The van der Waals surface area contributed by atoms with Crippen LogP contribution in [0.15, 0.2) is 42.7 Å². The van der Waals surface area contributed by atoms with Gasteiger partial charge in [0.15, 0.2) is 0 Å². The zero-order chi connectivity index (χ0) is 21.8. The summed E-state index contributed by atoms with van der Waals surface area (Å²) < 4.78 is 18.3. The highest BCUT2D eigenvalue weighted by molar-refractivity contribution is 5.94. The van der Waals surface area contributed by atoms with Crippen molar-refractivity contribution in [3.8, 4) is 28.8 Å². The number of ether oxygens (including phenoxy) is 3. The van der Waals surface area contributed by atoms with Crippen molar-refractivity contribution in [1.82, 2.24) is 24.6 Å². The standard InChI is InChI=1S/C22H25N5O4/c1-26-19(13-18(25-26)17-12-15(29-2)7-8-20(17)30-3)21(28)27-11-4-6-16(14-27)31-22-23-9-5-10-24-22/h5,7-10,12-13,16H,4,6,11,14H2,1-3H3. The molecule has 0 saturated carbocycles. The minimum Gasteiger partial charge on any atom is -0.497 e. The van der Waals surface area contributed by atoms with Crippen LogP contribution in [0.1, 0.15) is 23.3 Å². The number of hydrogen-bond donors (Lipinski definition) is 0. The van der Waals surface area contributed by atoms with Crippen LogP contribution >= 0.6 is 0 Å². The van der Waals surface area contributed by atoms with Crippen LogP contribution in [0.25, 0.3) is 11.3 Å². The van der Waals surface area contributed by atoms with Gasteiger partial charge in [-0.1, -0.05) is 0 Å². The number of carbonyl (C=O) groups excluding carboxylic acids is 1. The lowest BCUT2D eigenvalue weighted by atomic mass is 10.1. The largest absolute Gasteiger partial charge is 0.497 e. The van der Waals surface area contributed by atoms with Crippen LogP contribution in [0.3, 0.4) is 0 Å². The lowest BCUT2D eigenvalue weighted by Gasteiger charge is -2.32. The Morgan fingerprint density at radius 1 is 1.13 bits per heavy atom. The number of aromatic nitrogens is 4. The third-order valence-electron chi connectivity index (χ3n) is 5.26. The maximum atomic E-state index is 13.3. The first-order chi connectivity index (χ1) is 15.1. The summed E-state index contributed by atoms with van der Waals surface area (Å²) in [6, 6.07) is 9.34. The molecule has 2 aromatic heterocycles. The molecular weight excluding hydrogens is 398 g/mol. The Hall–Kier alpha value is -3.62. The molecule has 1 aromatic carbocycles. The molecule has 0 spiro atoms. The Balaban J connectivity index is 1.54. The average molecular weight is 423 g/mol. The van der Waals surface area contributed by atoms with Crippen molar-refractivity contribution in [2.24, 2.45) is 7.05 Å². The molecule has 3 heterocycles. The quantitative estimate of drug-likeness (QED) is 0.602. The SMILES string of the molecule is COc1ccc(OC)c(-c2cc(C(=O)N3CCCC(Oc4ncccn4)C3)n(C)n2)c1. The van der Waals surface area contributed by atoms with E-state index in [1.807, 2.05) is 18.2 Å². The summed E-state index contributed by atoms with van der Waals surface area (Å²) in [6.45, 7) is 1.14. The fourth-order valence-electron chi connectivity index (χ4n) is 3.69. The van der Waals surface area contributed by atoms with Crippen molar-refractivity contribution in [2.45, 2.75) is 18.9 Å². The number of methoxy groups -OCH3 is 2. The van der Waals surface area contributed by atoms with Crippen LogP contribution in [0.5, 0.6) is 17.5 Å². The first-order valence-corrected chi connectivity index (χ1v) is 10.1. The van der Waals surface area contributed by atoms with E-state index in [0.29, 0.717) is 42.0 Å². The van der Waals surface area contributed by atoms with E-state index < -0.39 is 0 Å². The van der Waals surface area contributed by atoms with Crippen molar-refractivity contribution < 1.29 is 19.0 Å². The molecule has 1 saturated heterocycles. The van der Waals surface area contributed by atoms with Gasteiger partial charge in [-0.2, -0.15) is 5.10 Å². The molecule has 1 amide bonds. The van der Waals surface area contributed by atoms with E-state index >= 15 is 0 Å². The first kappa shape index (κ1) is 20.6. The number of carbonyl (C=O) groups is 1. The molecule has 4 rings (SSSR count). The summed E-state index contributed by atoms with van der Waals surface area (Å²) in [5.74, 6) is 1.26. The van der Waals surface area contributed by atoms with E-state index in [9.17, 15) is 4.79 Å². The van der Waals surface area contributed by atoms with Gasteiger partial charge in [0, 0.05) is 31.5 Å². The van der Waals surface area contributed by atoms with E-state index in [2.05, 4.69) is 15.1 Å². The molecule has 1 aliphatic heterocycles. The fraction of sp³-hybridized carbons (Fsp3) is 0.364. The summed E-state index contributed by atoms with van der Waals surface area (Å²) in [4.78, 5) is 23.3. The van der Waals surface area contributed by atoms with Gasteiger partial charge >= 0.3 is 6.01 Å². The fourth-order valence-corrected chi connectivity index (χ4v) is 3.69. The average Bonchev–Trinajstić information content (AvgIpc) is 3.20. The Kier molecular flexibility index (Phi) is 6.01. The van der Waals surface area contributed by atoms with Crippen LogP contribution in [0.4, 0.5) is 0 Å². The summed E-state index contributed by atoms with van der Waals surface area (Å²) in [5.41, 5.74) is 1.90. The third-order valence-corrected chi connectivity index (χ3v) is 5.26. The van der Waals surface area contributed by atoms with Gasteiger partial charge in [0.1, 0.15) is 23.3 Å². The zero-order valence-corrected chi connectivity index (χ0v) is 17.8. The van der Waals surface area contributed by atoms with Crippen LogP contribution in [-0.4, -0.2) is 64.0 Å². The number of rotatable bonds is 6. The molecule has 9 heteroatoms. The van der Waals surface area contributed by atoms with Crippen molar-refractivity contribution in [3.63, 3.8) is 0 Å². The predicted octanol–water partition coefficient (Wildman–Crippen LogP) is 2.58. The lowest BCUT2D eigenvalue weighted by molar-refractivity contribution is 0.0506. The summed E-state index contributed by atoms with van der Waals surface area (Å²) in [7, 11) is 4.97. The molecule has 0 aliphatic carbocycles. The van der Waals surface area contributed by atoms with Gasteiger partial charge in [0.05, 0.1) is 26.5 Å². The van der Waals surface area contributed by atoms with Crippen molar-refractivity contribution >= 4 is 5.91 Å². The minimum absolute atomic E-state index is 0.0922. The van der Waals surface area contributed by atoms with Crippen LogP contribution < -0.4 is 14.2 Å². The minimum atomic E-state index is -0.147. The van der Waals surface area contributed by atoms with Gasteiger partial charge in [-0.25, -0.2) is 9.97 Å². The maximum absolute atomic E-state index is 13.3. The molecule has 3 aromatic rings. The number of likely N-dealkylation sites (tertiary alicyclic amines) is 1. The second kappa shape index (κ2) is 9.03. The van der Waals surface area contributed by atoms with E-state index in [1.165, 1.54) is 0 Å². The van der Waals surface area contributed by atoms with E-state index in [0.717, 1.165) is 18.4 Å². The highest BCUT2D eigenvalue weighted by Crippen LogP contribution is 2.33. The molecular formula is C22H25N5O4. The molecule has 0 N–H and O–H groups in total. The Labute approximate surface area is 180 Å². The monoisotopic (exact) mass is 423 g/mol. The van der Waals surface area contributed by atoms with Crippen molar-refractivity contribution in [2.75, 3.05) is 27.3 Å². The molecule has 1 aliphatic rings. The van der Waals surface area contributed by atoms with Gasteiger partial charge < -0.3 is 19.1 Å². The van der Waals surface area contributed by atoms with E-state index in [1.54, 1.807) is 55.4 Å². The van der Waals surface area contributed by atoms with E-state index in [4.69, 9.17) is 14.2 Å². The predicted molar refractivity (Wildman–Crippen MR) is 113 cm³/mol. The van der Waals surface area contributed by atoms with Gasteiger partial charge in [-0.3, -0.25) is 9.48 Å². The number of aryl methyl sites for hydroxylation is 1. The van der Waals surface area contributed by atoms with Gasteiger partial charge in [0.2, 0.25) is 0 Å². The summed E-state index contributed by atoms with van der Waals surface area (Å²) in [6.07, 6.45) is 4.82. The number of nitrogens with zero attached hydrogens (tertiary/aromatic N) is 5. The maximum Gasteiger partial charge on any atom is 0.316 e.